The second-order valence-corrected chi connectivity index (χ2v) is 8.72. The highest BCUT2D eigenvalue weighted by atomic mass is 19.4. The minimum Gasteiger partial charge on any atom is -0.348 e. The van der Waals surface area contributed by atoms with E-state index < -0.39 is 11.7 Å². The van der Waals surface area contributed by atoms with Crippen LogP contribution >= 0.6 is 0 Å². The first-order valence-corrected chi connectivity index (χ1v) is 11.3. The molecule has 182 valence electrons. The van der Waals surface area contributed by atoms with Crippen molar-refractivity contribution in [3.05, 3.63) is 102 Å². The molecule has 0 spiro atoms. The summed E-state index contributed by atoms with van der Waals surface area (Å²) in [6, 6.07) is 15.2. The standard InChI is InChI=1S/C27H21F3N4O2/c28-27(29,30)24-15-32-14-19-7-8-20(10-22(19)24)34-26(36)23-11-21(23)17-3-5-18(6-4-17)25(35)33-13-16-2-1-9-31-12-16/h1-10,12,14-15,21,23H,11,13H2,(H,33,35)(H,34,36)/t21?,23-/m1/s1. The normalized spacial score (nSPS) is 17.0. The number of nitrogens with zero attached hydrogens (tertiary/aromatic N) is 2. The van der Waals surface area contributed by atoms with Crippen LogP contribution in [0.5, 0.6) is 0 Å². The van der Waals surface area contributed by atoms with Gasteiger partial charge in [-0.05, 0) is 59.2 Å². The topological polar surface area (TPSA) is 84.0 Å². The molecule has 2 N–H and O–H groups in total. The molecule has 5 rings (SSSR count). The maximum Gasteiger partial charge on any atom is 0.418 e. The van der Waals surface area contributed by atoms with Crippen LogP contribution < -0.4 is 10.6 Å². The summed E-state index contributed by atoms with van der Waals surface area (Å²) in [7, 11) is 0. The van der Waals surface area contributed by atoms with E-state index in [2.05, 4.69) is 20.6 Å². The number of hydrogen-bond donors (Lipinski definition) is 2. The second kappa shape index (κ2) is 9.41. The van der Waals surface area contributed by atoms with Crippen molar-refractivity contribution < 1.29 is 22.8 Å². The molecule has 4 aromatic rings. The molecule has 1 aliphatic rings. The molecular weight excluding hydrogens is 469 g/mol. The van der Waals surface area contributed by atoms with Crippen LogP contribution in [0.2, 0.25) is 0 Å². The van der Waals surface area contributed by atoms with Crippen LogP contribution in [-0.2, 0) is 17.5 Å². The molecule has 6 nitrogen and oxygen atoms in total. The van der Waals surface area contributed by atoms with Crippen molar-refractivity contribution >= 4 is 28.3 Å². The summed E-state index contributed by atoms with van der Waals surface area (Å²) < 4.78 is 40.0. The van der Waals surface area contributed by atoms with E-state index in [4.69, 9.17) is 0 Å². The van der Waals surface area contributed by atoms with Gasteiger partial charge in [0.1, 0.15) is 0 Å². The zero-order chi connectivity index (χ0) is 25.3. The molecule has 1 aliphatic carbocycles. The van der Waals surface area contributed by atoms with Crippen molar-refractivity contribution in [1.29, 1.82) is 0 Å². The summed E-state index contributed by atoms with van der Waals surface area (Å²) in [6.07, 6.45) is 1.58. The van der Waals surface area contributed by atoms with Gasteiger partial charge in [0.15, 0.2) is 0 Å². The van der Waals surface area contributed by atoms with Crippen molar-refractivity contribution in [2.75, 3.05) is 5.32 Å². The number of pyridine rings is 2. The molecule has 2 amide bonds. The summed E-state index contributed by atoms with van der Waals surface area (Å²) in [4.78, 5) is 32.8. The SMILES string of the molecule is O=C(NCc1cccnc1)c1ccc(C2C[C@H]2C(=O)Nc2ccc3cncc(C(F)(F)F)c3c2)cc1. The molecule has 9 heteroatoms. The summed E-state index contributed by atoms with van der Waals surface area (Å²) >= 11 is 0. The lowest BCUT2D eigenvalue weighted by atomic mass is 10.1. The van der Waals surface area contributed by atoms with Gasteiger partial charge in [-0.1, -0.05) is 24.3 Å². The molecular formula is C27H21F3N4O2. The maximum absolute atomic E-state index is 13.3. The van der Waals surface area contributed by atoms with E-state index in [0.29, 0.717) is 29.6 Å². The highest BCUT2D eigenvalue weighted by molar-refractivity contribution is 5.98. The Kier molecular flexibility index (Phi) is 6.13. The first kappa shape index (κ1) is 23.5. The molecule has 0 saturated heterocycles. The average molecular weight is 490 g/mol. The molecule has 2 atom stereocenters. The number of nitrogens with one attached hydrogen (secondary N) is 2. The number of fused-ring (bicyclic) bond motifs is 1. The summed E-state index contributed by atoms with van der Waals surface area (Å²) in [5.41, 5.74) is 1.80. The first-order valence-electron chi connectivity index (χ1n) is 11.3. The van der Waals surface area contributed by atoms with E-state index in [9.17, 15) is 22.8 Å². The summed E-state index contributed by atoms with van der Waals surface area (Å²) in [5.74, 6) is -0.751. The Hall–Kier alpha value is -4.27. The number of carbonyl (C=O) groups excluding carboxylic acids is 2. The molecule has 0 radical (unpaired) electrons. The third-order valence-corrected chi connectivity index (χ3v) is 6.24. The van der Waals surface area contributed by atoms with Gasteiger partial charge in [-0.25, -0.2) is 0 Å². The molecule has 2 aromatic heterocycles. The number of amides is 2. The van der Waals surface area contributed by atoms with Crippen molar-refractivity contribution in [2.45, 2.75) is 25.1 Å². The third-order valence-electron chi connectivity index (χ3n) is 6.24. The molecule has 0 bridgehead atoms. The first-order chi connectivity index (χ1) is 17.3. The zero-order valence-electron chi connectivity index (χ0n) is 18.9. The lowest BCUT2D eigenvalue weighted by molar-refractivity contribution is -0.136. The Bertz CT molecular complexity index is 1420. The molecule has 36 heavy (non-hydrogen) atoms. The minimum absolute atomic E-state index is 0.00658. The summed E-state index contributed by atoms with van der Waals surface area (Å²) in [5, 5.41) is 5.91. The number of carbonyl (C=O) groups is 2. The number of halogens is 3. The number of alkyl halides is 3. The number of benzene rings is 2. The average Bonchev–Trinajstić information content (AvgIpc) is 3.68. The predicted molar refractivity (Wildman–Crippen MR) is 128 cm³/mol. The molecule has 1 unspecified atom stereocenters. The van der Waals surface area contributed by atoms with Crippen molar-refractivity contribution in [3.63, 3.8) is 0 Å². The van der Waals surface area contributed by atoms with Crippen LogP contribution in [-0.4, -0.2) is 21.8 Å². The molecule has 1 fully saturated rings. The van der Waals surface area contributed by atoms with E-state index in [0.717, 1.165) is 17.3 Å². The predicted octanol–water partition coefficient (Wildman–Crippen LogP) is 5.32. The fourth-order valence-electron chi connectivity index (χ4n) is 4.22. The number of anilines is 1. The van der Waals surface area contributed by atoms with Gasteiger partial charge in [-0.15, -0.1) is 0 Å². The molecule has 0 aliphatic heterocycles. The fraction of sp³-hybridized carbons (Fsp3) is 0.185. The second-order valence-electron chi connectivity index (χ2n) is 8.72. The Balaban J connectivity index is 1.21. The van der Waals surface area contributed by atoms with Gasteiger partial charge in [0.05, 0.1) is 5.56 Å². The largest absolute Gasteiger partial charge is 0.418 e. The number of aromatic nitrogens is 2. The molecule has 1 saturated carbocycles. The van der Waals surface area contributed by atoms with E-state index in [-0.39, 0.29) is 29.0 Å². The smallest absolute Gasteiger partial charge is 0.348 e. The zero-order valence-corrected chi connectivity index (χ0v) is 18.9. The Labute approximate surface area is 204 Å². The number of hydrogen-bond acceptors (Lipinski definition) is 4. The van der Waals surface area contributed by atoms with Gasteiger partial charge in [0.2, 0.25) is 5.91 Å². The fourth-order valence-corrected chi connectivity index (χ4v) is 4.22. The molecule has 2 aromatic carbocycles. The van der Waals surface area contributed by atoms with Gasteiger partial charge in [-0.3, -0.25) is 19.6 Å². The van der Waals surface area contributed by atoms with Gasteiger partial charge < -0.3 is 10.6 Å². The lowest BCUT2D eigenvalue weighted by Gasteiger charge is -2.12. The third kappa shape index (κ3) is 5.05. The van der Waals surface area contributed by atoms with Crippen LogP contribution in [0.4, 0.5) is 18.9 Å². The van der Waals surface area contributed by atoms with Crippen molar-refractivity contribution in [2.24, 2.45) is 5.92 Å². The Morgan fingerprint density at radius 3 is 2.50 bits per heavy atom. The molecule has 2 heterocycles. The monoisotopic (exact) mass is 490 g/mol. The van der Waals surface area contributed by atoms with Gasteiger partial charge in [-0.2, -0.15) is 13.2 Å². The van der Waals surface area contributed by atoms with Crippen molar-refractivity contribution in [3.8, 4) is 0 Å². The van der Waals surface area contributed by atoms with Crippen LogP contribution in [0, 0.1) is 5.92 Å². The van der Waals surface area contributed by atoms with Crippen LogP contribution in [0.1, 0.15) is 39.4 Å². The van der Waals surface area contributed by atoms with E-state index in [1.54, 1.807) is 36.7 Å². The van der Waals surface area contributed by atoms with E-state index >= 15 is 0 Å². The van der Waals surface area contributed by atoms with Gasteiger partial charge in [0.25, 0.3) is 5.91 Å². The minimum atomic E-state index is -4.54. The van der Waals surface area contributed by atoms with Gasteiger partial charge in [0, 0.05) is 53.9 Å². The quantitative estimate of drug-likeness (QED) is 0.383. The number of rotatable bonds is 6. The van der Waals surface area contributed by atoms with Crippen LogP contribution in [0.3, 0.4) is 0 Å². The summed E-state index contributed by atoms with van der Waals surface area (Å²) in [6.45, 7) is 0.370. The Morgan fingerprint density at radius 2 is 1.78 bits per heavy atom. The van der Waals surface area contributed by atoms with Crippen LogP contribution in [0.15, 0.2) is 79.4 Å². The van der Waals surface area contributed by atoms with E-state index in [1.165, 1.54) is 18.3 Å². The van der Waals surface area contributed by atoms with Gasteiger partial charge >= 0.3 is 6.18 Å². The highest BCUT2D eigenvalue weighted by Gasteiger charge is 2.44. The maximum atomic E-state index is 13.3. The van der Waals surface area contributed by atoms with Crippen molar-refractivity contribution in [1.82, 2.24) is 15.3 Å². The lowest BCUT2D eigenvalue weighted by Crippen LogP contribution is -2.22. The Morgan fingerprint density at radius 1 is 0.972 bits per heavy atom. The van der Waals surface area contributed by atoms with E-state index in [1.807, 2.05) is 18.2 Å². The highest BCUT2D eigenvalue weighted by Crippen LogP contribution is 2.48. The van der Waals surface area contributed by atoms with Crippen LogP contribution in [0.25, 0.3) is 10.8 Å².